The highest BCUT2D eigenvalue weighted by atomic mass is 16.5. The van der Waals surface area contributed by atoms with Gasteiger partial charge >= 0.3 is 0 Å². The maximum Gasteiger partial charge on any atom is 0.251 e. The van der Waals surface area contributed by atoms with E-state index < -0.39 is 0 Å². The van der Waals surface area contributed by atoms with Gasteiger partial charge in [0, 0.05) is 18.2 Å². The van der Waals surface area contributed by atoms with Crippen LogP contribution in [0.4, 0.5) is 11.4 Å². The molecule has 0 amide bonds. The van der Waals surface area contributed by atoms with Gasteiger partial charge in [-0.05, 0) is 31.0 Å². The molecular weight excluding hydrogens is 316 g/mol. The minimum absolute atomic E-state index is 0.0458. The molecule has 0 radical (unpaired) electrons. The molecule has 0 bridgehead atoms. The average Bonchev–Trinajstić information content (AvgIpc) is 3.16. The van der Waals surface area contributed by atoms with Crippen molar-refractivity contribution in [3.63, 3.8) is 0 Å². The second kappa shape index (κ2) is 6.55. The maximum absolute atomic E-state index is 12.5. The summed E-state index contributed by atoms with van der Waals surface area (Å²) >= 11 is 0. The average molecular weight is 336 g/mol. The van der Waals surface area contributed by atoms with Gasteiger partial charge in [0.1, 0.15) is 0 Å². The van der Waals surface area contributed by atoms with Crippen LogP contribution < -0.4 is 15.6 Å². The smallest absolute Gasteiger partial charge is 0.251 e. The van der Waals surface area contributed by atoms with Gasteiger partial charge in [0.05, 0.1) is 41.9 Å². The zero-order valence-corrected chi connectivity index (χ0v) is 14.1. The molecule has 1 saturated carbocycles. The minimum atomic E-state index is 0.0458. The topological polar surface area (TPSA) is 69.0 Å². The number of nitrogens with zero attached hydrogens (tertiary/aromatic N) is 3. The van der Waals surface area contributed by atoms with Gasteiger partial charge in [-0.3, -0.25) is 9.78 Å². The molecule has 0 atom stereocenters. The summed E-state index contributed by atoms with van der Waals surface area (Å²) in [5, 5.41) is 3.29. The van der Waals surface area contributed by atoms with Crippen molar-refractivity contribution in [2.24, 2.45) is 0 Å². The van der Waals surface area contributed by atoms with E-state index in [1.54, 1.807) is 37.7 Å². The molecule has 0 aliphatic heterocycles. The Morgan fingerprint density at radius 2 is 1.88 bits per heavy atom. The van der Waals surface area contributed by atoms with Gasteiger partial charge in [0.25, 0.3) is 5.56 Å². The molecule has 1 fully saturated rings. The van der Waals surface area contributed by atoms with E-state index in [2.05, 4.69) is 15.3 Å². The quantitative estimate of drug-likeness (QED) is 0.787. The van der Waals surface area contributed by atoms with Crippen molar-refractivity contribution in [3.05, 3.63) is 53.1 Å². The Labute approximate surface area is 145 Å². The second-order valence-electron chi connectivity index (χ2n) is 6.32. The van der Waals surface area contributed by atoms with E-state index in [0.29, 0.717) is 5.88 Å². The fourth-order valence-electron chi connectivity index (χ4n) is 3.48. The Balaban J connectivity index is 1.72. The third-order valence-corrected chi connectivity index (χ3v) is 4.70. The van der Waals surface area contributed by atoms with E-state index in [0.717, 1.165) is 35.2 Å². The summed E-state index contributed by atoms with van der Waals surface area (Å²) in [6.07, 6.45) is 7.94. The number of fused-ring (bicyclic) bond motifs is 1. The number of anilines is 2. The summed E-state index contributed by atoms with van der Waals surface area (Å²) in [6, 6.07) is 9.37. The zero-order chi connectivity index (χ0) is 17.2. The number of hydrogen-bond donors (Lipinski definition) is 1. The molecule has 6 heteroatoms. The molecule has 3 heterocycles. The lowest BCUT2D eigenvalue weighted by atomic mass is 10.2. The third-order valence-electron chi connectivity index (χ3n) is 4.70. The normalized spacial score (nSPS) is 14.8. The summed E-state index contributed by atoms with van der Waals surface area (Å²) in [4.78, 5) is 21.2. The molecule has 1 aliphatic carbocycles. The number of ether oxygens (including phenoxy) is 1. The SMILES string of the molecule is COc1ccc(Nc2cnc3ccc(=O)n(C4CCCC4)c3c2)cn1. The summed E-state index contributed by atoms with van der Waals surface area (Å²) < 4.78 is 6.98. The molecule has 4 rings (SSSR count). The monoisotopic (exact) mass is 336 g/mol. The molecule has 3 aromatic rings. The largest absolute Gasteiger partial charge is 0.481 e. The van der Waals surface area contributed by atoms with E-state index in [4.69, 9.17) is 4.74 Å². The van der Waals surface area contributed by atoms with E-state index in [-0.39, 0.29) is 11.6 Å². The van der Waals surface area contributed by atoms with E-state index in [9.17, 15) is 4.79 Å². The molecule has 128 valence electrons. The van der Waals surface area contributed by atoms with Crippen molar-refractivity contribution >= 4 is 22.4 Å². The first-order valence-electron chi connectivity index (χ1n) is 8.53. The number of rotatable bonds is 4. The Morgan fingerprint density at radius 3 is 2.60 bits per heavy atom. The van der Waals surface area contributed by atoms with Crippen LogP contribution in [0.2, 0.25) is 0 Å². The Bertz CT molecular complexity index is 944. The van der Waals surface area contributed by atoms with Crippen molar-refractivity contribution in [2.45, 2.75) is 31.7 Å². The van der Waals surface area contributed by atoms with Gasteiger partial charge in [-0.25, -0.2) is 4.98 Å². The third kappa shape index (κ3) is 3.07. The molecule has 3 aromatic heterocycles. The molecule has 1 N–H and O–H groups in total. The predicted molar refractivity (Wildman–Crippen MR) is 97.6 cm³/mol. The molecule has 6 nitrogen and oxygen atoms in total. The standard InChI is InChI=1S/C19H20N4O2/c1-25-18-8-6-13(11-21-18)22-14-10-17-16(20-12-14)7-9-19(24)23(17)15-4-2-3-5-15/h6-12,15,22H,2-5H2,1H3. The summed E-state index contributed by atoms with van der Waals surface area (Å²) in [5.41, 5.74) is 3.43. The zero-order valence-electron chi connectivity index (χ0n) is 14.1. The molecule has 0 unspecified atom stereocenters. The van der Waals surface area contributed by atoms with Gasteiger partial charge in [0.15, 0.2) is 0 Å². The minimum Gasteiger partial charge on any atom is -0.481 e. The van der Waals surface area contributed by atoms with Crippen molar-refractivity contribution in [2.75, 3.05) is 12.4 Å². The first-order chi connectivity index (χ1) is 12.2. The summed E-state index contributed by atoms with van der Waals surface area (Å²) in [7, 11) is 1.59. The van der Waals surface area contributed by atoms with Crippen LogP contribution in [0.5, 0.6) is 5.88 Å². The van der Waals surface area contributed by atoms with Crippen molar-refractivity contribution in [1.29, 1.82) is 0 Å². The molecular formula is C19H20N4O2. The van der Waals surface area contributed by atoms with Gasteiger partial charge in [-0.2, -0.15) is 0 Å². The Hall–Kier alpha value is -2.89. The molecule has 0 saturated heterocycles. The molecule has 0 spiro atoms. The van der Waals surface area contributed by atoms with Crippen LogP contribution in [-0.4, -0.2) is 21.6 Å². The van der Waals surface area contributed by atoms with Crippen molar-refractivity contribution in [3.8, 4) is 5.88 Å². The van der Waals surface area contributed by atoms with Crippen LogP contribution in [0.25, 0.3) is 11.0 Å². The molecule has 0 aromatic carbocycles. The predicted octanol–water partition coefficient (Wildman–Crippen LogP) is 3.66. The van der Waals surface area contributed by atoms with Crippen molar-refractivity contribution in [1.82, 2.24) is 14.5 Å². The van der Waals surface area contributed by atoms with Crippen LogP contribution in [-0.2, 0) is 0 Å². The number of aromatic nitrogens is 3. The summed E-state index contributed by atoms with van der Waals surface area (Å²) in [6.45, 7) is 0. The van der Waals surface area contributed by atoms with E-state index in [1.165, 1.54) is 12.8 Å². The summed E-state index contributed by atoms with van der Waals surface area (Å²) in [5.74, 6) is 0.567. The maximum atomic E-state index is 12.5. The fraction of sp³-hybridized carbons (Fsp3) is 0.316. The highest BCUT2D eigenvalue weighted by molar-refractivity contribution is 5.79. The van der Waals surface area contributed by atoms with Crippen LogP contribution in [0, 0.1) is 0 Å². The lowest BCUT2D eigenvalue weighted by Gasteiger charge is -2.17. The Kier molecular flexibility index (Phi) is 4.09. The number of pyridine rings is 3. The van der Waals surface area contributed by atoms with Crippen LogP contribution in [0.15, 0.2) is 47.5 Å². The van der Waals surface area contributed by atoms with Crippen LogP contribution in [0.1, 0.15) is 31.7 Å². The first kappa shape index (κ1) is 15.6. The van der Waals surface area contributed by atoms with Crippen LogP contribution in [0.3, 0.4) is 0 Å². The first-order valence-corrected chi connectivity index (χ1v) is 8.53. The molecule has 1 aliphatic rings. The lowest BCUT2D eigenvalue weighted by molar-refractivity contribution is 0.398. The lowest BCUT2D eigenvalue weighted by Crippen LogP contribution is -2.23. The van der Waals surface area contributed by atoms with Gasteiger partial charge in [-0.1, -0.05) is 12.8 Å². The van der Waals surface area contributed by atoms with Crippen LogP contribution >= 0.6 is 0 Å². The van der Waals surface area contributed by atoms with Gasteiger partial charge < -0.3 is 14.6 Å². The molecule has 25 heavy (non-hydrogen) atoms. The fourth-order valence-corrected chi connectivity index (χ4v) is 3.48. The van der Waals surface area contributed by atoms with E-state index >= 15 is 0 Å². The highest BCUT2D eigenvalue weighted by Crippen LogP contribution is 2.31. The van der Waals surface area contributed by atoms with E-state index in [1.807, 2.05) is 16.7 Å². The number of nitrogens with one attached hydrogen (secondary N) is 1. The second-order valence-corrected chi connectivity index (χ2v) is 6.32. The van der Waals surface area contributed by atoms with Gasteiger partial charge in [-0.15, -0.1) is 0 Å². The highest BCUT2D eigenvalue weighted by Gasteiger charge is 2.20. The number of methoxy groups -OCH3 is 1. The Morgan fingerprint density at radius 1 is 1.08 bits per heavy atom. The number of hydrogen-bond acceptors (Lipinski definition) is 5. The van der Waals surface area contributed by atoms with Crippen molar-refractivity contribution < 1.29 is 4.74 Å². The van der Waals surface area contributed by atoms with Gasteiger partial charge in [0.2, 0.25) is 5.88 Å².